The van der Waals surface area contributed by atoms with Gasteiger partial charge in [-0.25, -0.2) is 4.98 Å². The minimum atomic E-state index is -0.0367. The number of carbonyl (C=O) groups excluding carboxylic acids is 2. The molecule has 0 amide bonds. The summed E-state index contributed by atoms with van der Waals surface area (Å²) in [4.78, 5) is 31.7. The molecule has 0 saturated heterocycles. The quantitative estimate of drug-likeness (QED) is 0.497. The van der Waals surface area contributed by atoms with Gasteiger partial charge in [-0.1, -0.05) is 23.4 Å². The largest absolute Gasteiger partial charge is 0.355 e. The maximum atomic E-state index is 12.5. The molecule has 24 heavy (non-hydrogen) atoms. The summed E-state index contributed by atoms with van der Waals surface area (Å²) in [5.41, 5.74) is 3.42. The maximum absolute atomic E-state index is 12.5. The molecule has 0 aliphatic rings. The van der Waals surface area contributed by atoms with Gasteiger partial charge < -0.3 is 4.98 Å². The monoisotopic (exact) mass is 378 g/mol. The molecule has 0 aliphatic carbocycles. The van der Waals surface area contributed by atoms with E-state index in [0.717, 1.165) is 25.8 Å². The Morgan fingerprint density at radius 2 is 2.08 bits per heavy atom. The number of H-pyrrole nitrogens is 1. The summed E-state index contributed by atoms with van der Waals surface area (Å²) in [6.07, 6.45) is 0. The summed E-state index contributed by atoms with van der Waals surface area (Å²) in [6, 6.07) is 5.58. The van der Waals surface area contributed by atoms with Crippen LogP contribution in [0.15, 0.2) is 22.5 Å². The lowest BCUT2D eigenvalue weighted by atomic mass is 10.1. The van der Waals surface area contributed by atoms with Crippen molar-refractivity contribution in [3.8, 4) is 0 Å². The van der Waals surface area contributed by atoms with E-state index in [1.807, 2.05) is 25.1 Å². The summed E-state index contributed by atoms with van der Waals surface area (Å²) in [5.74, 6) is 0.201. The van der Waals surface area contributed by atoms with Crippen molar-refractivity contribution in [2.75, 3.05) is 5.75 Å². The number of aryl methyl sites for hydroxylation is 1. The Bertz CT molecular complexity index is 959. The van der Waals surface area contributed by atoms with Crippen LogP contribution in [0.2, 0.25) is 5.02 Å². The number of hydrogen-bond donors (Lipinski definition) is 1. The van der Waals surface area contributed by atoms with E-state index in [0.29, 0.717) is 16.3 Å². The third kappa shape index (κ3) is 3.27. The lowest BCUT2D eigenvalue weighted by Gasteiger charge is -1.99. The van der Waals surface area contributed by atoms with Crippen LogP contribution in [0.4, 0.5) is 0 Å². The number of thioether (sulfide) groups is 1. The molecule has 3 rings (SSSR count). The molecule has 0 radical (unpaired) electrons. The van der Waals surface area contributed by atoms with Crippen LogP contribution in [-0.4, -0.2) is 27.3 Å². The number of halogens is 1. The van der Waals surface area contributed by atoms with E-state index >= 15 is 0 Å². The third-order valence-electron chi connectivity index (χ3n) is 3.73. The molecular weight excluding hydrogens is 364 g/mol. The van der Waals surface area contributed by atoms with Gasteiger partial charge in [0.25, 0.3) is 0 Å². The number of benzene rings is 1. The number of nitrogens with zero attached hydrogens (tertiary/aromatic N) is 1. The normalized spacial score (nSPS) is 11.2. The number of aromatic amines is 1. The number of rotatable bonds is 5. The van der Waals surface area contributed by atoms with Crippen LogP contribution >= 0.6 is 34.7 Å². The molecule has 0 bridgehead atoms. The molecule has 0 unspecified atom stereocenters. The van der Waals surface area contributed by atoms with Crippen molar-refractivity contribution >= 4 is 56.5 Å². The lowest BCUT2D eigenvalue weighted by Crippen LogP contribution is -2.05. The molecule has 0 atom stereocenters. The van der Waals surface area contributed by atoms with Crippen molar-refractivity contribution in [1.82, 2.24) is 9.97 Å². The van der Waals surface area contributed by atoms with Crippen molar-refractivity contribution < 1.29 is 9.59 Å². The SMILES string of the molecule is CC(=O)c1c(C)[nH]c(C(=O)CSc2nc3cc(Cl)ccc3s2)c1C. The highest BCUT2D eigenvalue weighted by Gasteiger charge is 2.20. The smallest absolute Gasteiger partial charge is 0.189 e. The van der Waals surface area contributed by atoms with E-state index in [-0.39, 0.29) is 17.3 Å². The minimum absolute atomic E-state index is 0.0315. The summed E-state index contributed by atoms with van der Waals surface area (Å²) in [6.45, 7) is 5.13. The van der Waals surface area contributed by atoms with Gasteiger partial charge in [0.05, 0.1) is 21.7 Å². The number of Topliss-reactive ketones (excluding diaryl/α,β-unsaturated/α-hetero) is 2. The summed E-state index contributed by atoms with van der Waals surface area (Å²) < 4.78 is 1.87. The molecule has 4 nitrogen and oxygen atoms in total. The fraction of sp³-hybridized carbons (Fsp3) is 0.235. The molecule has 7 heteroatoms. The van der Waals surface area contributed by atoms with Crippen LogP contribution in [0.3, 0.4) is 0 Å². The molecule has 3 aromatic rings. The molecule has 124 valence electrons. The zero-order valence-corrected chi connectivity index (χ0v) is 15.8. The summed E-state index contributed by atoms with van der Waals surface area (Å²) in [7, 11) is 0. The predicted molar refractivity (Wildman–Crippen MR) is 100.0 cm³/mol. The standard InChI is InChI=1S/C17H15ClN2O2S2/c1-8-15(10(3)21)9(2)19-16(8)13(22)7-23-17-20-12-6-11(18)4-5-14(12)24-17/h4-6,19H,7H2,1-3H3. The highest BCUT2D eigenvalue weighted by Crippen LogP contribution is 2.31. The van der Waals surface area contributed by atoms with Crippen LogP contribution < -0.4 is 0 Å². The molecule has 0 fully saturated rings. The van der Waals surface area contributed by atoms with Gasteiger partial charge in [-0.05, 0) is 44.5 Å². The van der Waals surface area contributed by atoms with Gasteiger partial charge in [0.1, 0.15) is 0 Å². The number of nitrogens with one attached hydrogen (secondary N) is 1. The topological polar surface area (TPSA) is 62.8 Å². The summed E-state index contributed by atoms with van der Waals surface area (Å²) in [5, 5.41) is 0.648. The number of aromatic nitrogens is 2. The molecule has 1 aromatic carbocycles. The second kappa shape index (κ2) is 6.70. The Morgan fingerprint density at radius 1 is 1.33 bits per heavy atom. The van der Waals surface area contributed by atoms with Gasteiger partial charge in [-0.2, -0.15) is 0 Å². The number of fused-ring (bicyclic) bond motifs is 1. The third-order valence-corrected chi connectivity index (χ3v) is 6.14. The van der Waals surface area contributed by atoms with Crippen LogP contribution in [0.25, 0.3) is 10.2 Å². The van der Waals surface area contributed by atoms with Gasteiger partial charge >= 0.3 is 0 Å². The Morgan fingerprint density at radius 3 is 2.75 bits per heavy atom. The Labute approximate surface area is 152 Å². The first-order valence-electron chi connectivity index (χ1n) is 7.29. The van der Waals surface area contributed by atoms with E-state index in [9.17, 15) is 9.59 Å². The minimum Gasteiger partial charge on any atom is -0.355 e. The highest BCUT2D eigenvalue weighted by molar-refractivity contribution is 8.01. The Kier molecular flexibility index (Phi) is 4.80. The van der Waals surface area contributed by atoms with E-state index in [1.165, 1.54) is 30.0 Å². The second-order valence-electron chi connectivity index (χ2n) is 5.48. The molecule has 0 spiro atoms. The van der Waals surface area contributed by atoms with Crippen LogP contribution in [0, 0.1) is 13.8 Å². The zero-order valence-electron chi connectivity index (χ0n) is 13.4. The molecule has 2 heterocycles. The van der Waals surface area contributed by atoms with E-state index < -0.39 is 0 Å². The van der Waals surface area contributed by atoms with Gasteiger partial charge in [-0.15, -0.1) is 11.3 Å². The van der Waals surface area contributed by atoms with Gasteiger partial charge in [0.15, 0.2) is 15.9 Å². The zero-order chi connectivity index (χ0) is 17.4. The first-order valence-corrected chi connectivity index (χ1v) is 9.47. The molecule has 0 saturated carbocycles. The average molecular weight is 379 g/mol. The lowest BCUT2D eigenvalue weighted by molar-refractivity contribution is 0.101. The maximum Gasteiger partial charge on any atom is 0.189 e. The molecular formula is C17H15ClN2O2S2. The highest BCUT2D eigenvalue weighted by atomic mass is 35.5. The molecule has 1 N–H and O–H groups in total. The van der Waals surface area contributed by atoms with E-state index in [1.54, 1.807) is 6.92 Å². The van der Waals surface area contributed by atoms with Crippen LogP contribution in [0.5, 0.6) is 0 Å². The predicted octanol–water partition coefficient (Wildman–Crippen LogP) is 5.07. The van der Waals surface area contributed by atoms with Crippen molar-refractivity contribution in [2.45, 2.75) is 25.1 Å². The van der Waals surface area contributed by atoms with Gasteiger partial charge in [0.2, 0.25) is 0 Å². The Hall–Kier alpha value is -1.63. The number of ketones is 2. The first kappa shape index (κ1) is 17.2. The fourth-order valence-electron chi connectivity index (χ4n) is 2.70. The van der Waals surface area contributed by atoms with Gasteiger partial charge in [0, 0.05) is 16.3 Å². The van der Waals surface area contributed by atoms with Crippen molar-refractivity contribution in [1.29, 1.82) is 0 Å². The fourth-order valence-corrected chi connectivity index (χ4v) is 4.78. The second-order valence-corrected chi connectivity index (χ2v) is 8.17. The average Bonchev–Trinajstić information content (AvgIpc) is 3.04. The van der Waals surface area contributed by atoms with Crippen LogP contribution in [-0.2, 0) is 0 Å². The van der Waals surface area contributed by atoms with Crippen molar-refractivity contribution in [3.63, 3.8) is 0 Å². The Balaban J connectivity index is 1.77. The van der Waals surface area contributed by atoms with E-state index in [2.05, 4.69) is 9.97 Å². The number of carbonyl (C=O) groups is 2. The molecule has 0 aliphatic heterocycles. The number of thiazole rings is 1. The van der Waals surface area contributed by atoms with Crippen LogP contribution in [0.1, 0.15) is 39.0 Å². The summed E-state index contributed by atoms with van der Waals surface area (Å²) >= 11 is 8.90. The first-order chi connectivity index (χ1) is 11.4. The van der Waals surface area contributed by atoms with E-state index in [4.69, 9.17) is 11.6 Å². The number of hydrogen-bond acceptors (Lipinski definition) is 5. The molecule has 2 aromatic heterocycles. The van der Waals surface area contributed by atoms with Crippen molar-refractivity contribution in [2.24, 2.45) is 0 Å². The van der Waals surface area contributed by atoms with Crippen molar-refractivity contribution in [3.05, 3.63) is 45.7 Å². The van der Waals surface area contributed by atoms with Gasteiger partial charge in [-0.3, -0.25) is 9.59 Å².